The van der Waals surface area contributed by atoms with Crippen LogP contribution in [0, 0.1) is 5.92 Å². The molecule has 2 unspecified atom stereocenters. The van der Waals surface area contributed by atoms with E-state index in [1.165, 1.54) is 0 Å². The molecule has 2 N–H and O–H groups in total. The van der Waals surface area contributed by atoms with Crippen LogP contribution in [0.2, 0.25) is 0 Å². The maximum Gasteiger partial charge on any atom is 0.254 e. The van der Waals surface area contributed by atoms with Crippen LogP contribution in [-0.4, -0.2) is 67.0 Å². The number of fused-ring (bicyclic) bond motifs is 4. The topological polar surface area (TPSA) is 98.0 Å². The van der Waals surface area contributed by atoms with Crippen molar-refractivity contribution in [1.82, 2.24) is 30.0 Å². The lowest BCUT2D eigenvalue weighted by atomic mass is 10.1. The summed E-state index contributed by atoms with van der Waals surface area (Å²) in [5.74, 6) is 1.24. The van der Waals surface area contributed by atoms with E-state index in [0.29, 0.717) is 42.5 Å². The van der Waals surface area contributed by atoms with E-state index in [4.69, 9.17) is 0 Å². The number of likely N-dealkylation sites (tertiary alicyclic amines) is 2. The molecule has 33 heavy (non-hydrogen) atoms. The summed E-state index contributed by atoms with van der Waals surface area (Å²) in [5, 5.41) is 8.37. The van der Waals surface area contributed by atoms with Crippen LogP contribution in [-0.2, 0) is 4.79 Å². The number of carbonyl (C=O) groups is 2. The Hall–Kier alpha value is -3.68. The summed E-state index contributed by atoms with van der Waals surface area (Å²) in [7, 11) is 0. The van der Waals surface area contributed by atoms with Crippen molar-refractivity contribution in [1.29, 1.82) is 0 Å². The molecular weight excluding hydrogens is 416 g/mol. The second-order valence-electron chi connectivity index (χ2n) is 9.58. The number of para-hydroxylation sites is 2. The van der Waals surface area contributed by atoms with Crippen LogP contribution in [0.15, 0.2) is 42.5 Å². The van der Waals surface area contributed by atoms with Gasteiger partial charge in [0.25, 0.3) is 5.91 Å². The van der Waals surface area contributed by atoms with Gasteiger partial charge >= 0.3 is 0 Å². The van der Waals surface area contributed by atoms with Gasteiger partial charge in [-0.2, -0.15) is 5.10 Å². The minimum absolute atomic E-state index is 0.0112. The van der Waals surface area contributed by atoms with Crippen molar-refractivity contribution in [2.75, 3.05) is 13.1 Å². The molecule has 8 nitrogen and oxygen atoms in total. The second-order valence-corrected chi connectivity index (χ2v) is 9.58. The molecule has 2 bridgehead atoms. The maximum atomic E-state index is 13.4. The molecule has 2 amide bonds. The number of amides is 2. The van der Waals surface area contributed by atoms with E-state index in [1.54, 1.807) is 0 Å². The van der Waals surface area contributed by atoms with E-state index in [9.17, 15) is 9.59 Å². The minimum atomic E-state index is 0.0112. The Kier molecular flexibility index (Phi) is 4.50. The number of hydrogen-bond donors (Lipinski definition) is 2. The lowest BCUT2D eigenvalue weighted by Gasteiger charge is -2.34. The van der Waals surface area contributed by atoms with E-state index in [-0.39, 0.29) is 23.9 Å². The fourth-order valence-corrected chi connectivity index (χ4v) is 5.25. The summed E-state index contributed by atoms with van der Waals surface area (Å²) in [4.78, 5) is 37.9. The van der Waals surface area contributed by atoms with Gasteiger partial charge in [-0.1, -0.05) is 26.0 Å². The normalized spacial score (nSPS) is 20.0. The Morgan fingerprint density at radius 1 is 1.06 bits per heavy atom. The van der Waals surface area contributed by atoms with Crippen LogP contribution in [0.1, 0.15) is 37.0 Å². The number of imidazole rings is 1. The van der Waals surface area contributed by atoms with Gasteiger partial charge in [-0.3, -0.25) is 14.7 Å². The van der Waals surface area contributed by atoms with Crippen LogP contribution in [0.3, 0.4) is 0 Å². The molecule has 2 fully saturated rings. The van der Waals surface area contributed by atoms with E-state index in [2.05, 4.69) is 34.0 Å². The molecule has 2 atom stereocenters. The third-order valence-corrected chi connectivity index (χ3v) is 6.83. The van der Waals surface area contributed by atoms with Gasteiger partial charge in [0, 0.05) is 30.5 Å². The molecule has 0 spiro atoms. The zero-order valence-corrected chi connectivity index (χ0v) is 18.7. The highest BCUT2D eigenvalue weighted by Crippen LogP contribution is 2.34. The Morgan fingerprint density at radius 3 is 2.61 bits per heavy atom. The standard InChI is InChI=1S/C25H26N6O2/c1-14(2)9-22(32)30-12-17-11-16(30)13-31(17)25(33)15-7-8-19-18(10-15)23(29-28-19)24-26-20-5-3-4-6-21(20)27-24/h3-8,10,14,16-17H,9,11-13H2,1-2H3,(H,26,27)(H,28,29). The predicted molar refractivity (Wildman–Crippen MR) is 126 cm³/mol. The van der Waals surface area contributed by atoms with Crippen molar-refractivity contribution >= 4 is 33.8 Å². The second kappa shape index (κ2) is 7.43. The number of aromatic amines is 2. The number of rotatable bonds is 4. The first-order chi connectivity index (χ1) is 16.0. The van der Waals surface area contributed by atoms with Crippen molar-refractivity contribution in [3.63, 3.8) is 0 Å². The van der Waals surface area contributed by atoms with Crippen LogP contribution >= 0.6 is 0 Å². The van der Waals surface area contributed by atoms with Gasteiger partial charge < -0.3 is 14.8 Å². The molecule has 0 saturated carbocycles. The first-order valence-electron chi connectivity index (χ1n) is 11.5. The highest BCUT2D eigenvalue weighted by Gasteiger charge is 2.47. The molecule has 168 valence electrons. The van der Waals surface area contributed by atoms with Gasteiger partial charge in [-0.05, 0) is 42.7 Å². The number of aromatic nitrogens is 4. The number of H-pyrrole nitrogens is 2. The minimum Gasteiger partial charge on any atom is -0.337 e. The monoisotopic (exact) mass is 442 g/mol. The lowest BCUT2D eigenvalue weighted by molar-refractivity contribution is -0.134. The largest absolute Gasteiger partial charge is 0.337 e. The first kappa shape index (κ1) is 20.0. The van der Waals surface area contributed by atoms with Gasteiger partial charge in [0.05, 0.1) is 28.6 Å². The molecule has 2 aromatic carbocycles. The number of nitrogens with zero attached hydrogens (tertiary/aromatic N) is 4. The number of nitrogens with one attached hydrogen (secondary N) is 2. The molecule has 6 rings (SSSR count). The van der Waals surface area contributed by atoms with Crippen molar-refractivity contribution in [3.05, 3.63) is 48.0 Å². The van der Waals surface area contributed by atoms with Crippen molar-refractivity contribution in [3.8, 4) is 11.5 Å². The van der Waals surface area contributed by atoms with Crippen LogP contribution in [0.5, 0.6) is 0 Å². The van der Waals surface area contributed by atoms with Gasteiger partial charge in [0.2, 0.25) is 5.91 Å². The van der Waals surface area contributed by atoms with Crippen molar-refractivity contribution in [2.45, 2.75) is 38.8 Å². The third-order valence-electron chi connectivity index (χ3n) is 6.83. The Bertz CT molecular complexity index is 1350. The average molecular weight is 443 g/mol. The summed E-state index contributed by atoms with van der Waals surface area (Å²) < 4.78 is 0. The summed E-state index contributed by atoms with van der Waals surface area (Å²) in [6.07, 6.45) is 1.44. The zero-order chi connectivity index (χ0) is 22.7. The highest BCUT2D eigenvalue weighted by atomic mass is 16.2. The van der Waals surface area contributed by atoms with Crippen LogP contribution in [0.25, 0.3) is 33.5 Å². The molecular formula is C25H26N6O2. The van der Waals surface area contributed by atoms with Gasteiger partial charge in [-0.25, -0.2) is 4.98 Å². The average Bonchev–Trinajstić information content (AvgIpc) is 3.58. The number of hydrogen-bond acceptors (Lipinski definition) is 4. The molecule has 0 radical (unpaired) electrons. The van der Waals surface area contributed by atoms with Crippen molar-refractivity contribution in [2.24, 2.45) is 5.92 Å². The Labute approximate surface area is 191 Å². The zero-order valence-electron chi connectivity index (χ0n) is 18.7. The number of carbonyl (C=O) groups excluding carboxylic acids is 2. The van der Waals surface area contributed by atoms with E-state index in [0.717, 1.165) is 28.4 Å². The Morgan fingerprint density at radius 2 is 1.85 bits per heavy atom. The van der Waals surface area contributed by atoms with Crippen LogP contribution in [0.4, 0.5) is 0 Å². The van der Waals surface area contributed by atoms with E-state index < -0.39 is 0 Å². The first-order valence-corrected chi connectivity index (χ1v) is 11.5. The highest BCUT2D eigenvalue weighted by molar-refractivity contribution is 6.01. The van der Waals surface area contributed by atoms with Gasteiger partial charge in [-0.15, -0.1) is 0 Å². The van der Waals surface area contributed by atoms with E-state index in [1.807, 2.05) is 52.3 Å². The van der Waals surface area contributed by atoms with Crippen molar-refractivity contribution < 1.29 is 9.59 Å². The third kappa shape index (κ3) is 3.28. The number of piperazine rings is 1. The van der Waals surface area contributed by atoms with Gasteiger partial charge in [0.15, 0.2) is 5.82 Å². The fourth-order valence-electron chi connectivity index (χ4n) is 5.25. The SMILES string of the molecule is CC(C)CC(=O)N1CC2CC1CN2C(=O)c1ccc2[nH]nc(-c3nc4ccccc4[nH]3)c2c1. The quantitative estimate of drug-likeness (QED) is 0.505. The van der Waals surface area contributed by atoms with E-state index >= 15 is 0 Å². The van der Waals surface area contributed by atoms with Gasteiger partial charge in [0.1, 0.15) is 5.69 Å². The summed E-state index contributed by atoms with van der Waals surface area (Å²) in [6, 6.07) is 13.7. The molecule has 8 heteroatoms. The summed E-state index contributed by atoms with van der Waals surface area (Å²) in [6.45, 7) is 5.37. The maximum absolute atomic E-state index is 13.4. The molecule has 2 aromatic heterocycles. The smallest absolute Gasteiger partial charge is 0.254 e. The summed E-state index contributed by atoms with van der Waals surface area (Å²) >= 11 is 0. The Balaban J connectivity index is 1.26. The molecule has 2 aliphatic rings. The molecule has 2 saturated heterocycles. The lowest BCUT2D eigenvalue weighted by Crippen LogP contribution is -2.50. The molecule has 0 aliphatic carbocycles. The summed E-state index contributed by atoms with van der Waals surface area (Å²) in [5.41, 5.74) is 4.01. The predicted octanol–water partition coefficient (Wildman–Crippen LogP) is 3.58. The number of benzene rings is 2. The fraction of sp³-hybridized carbons (Fsp3) is 0.360. The molecule has 2 aliphatic heterocycles. The van der Waals surface area contributed by atoms with Crippen LogP contribution < -0.4 is 0 Å². The molecule has 4 aromatic rings. The molecule has 4 heterocycles.